The minimum absolute atomic E-state index is 0.0116. The minimum Gasteiger partial charge on any atom is -0.290 e. The molecule has 3 rings (SSSR count). The van der Waals surface area contributed by atoms with E-state index >= 15 is 0 Å². The van der Waals surface area contributed by atoms with Gasteiger partial charge in [0, 0.05) is 24.9 Å². The molecule has 0 spiro atoms. The molecule has 0 atom stereocenters. The third-order valence-electron chi connectivity index (χ3n) is 3.64. The van der Waals surface area contributed by atoms with E-state index < -0.39 is 5.91 Å². The Labute approximate surface area is 161 Å². The van der Waals surface area contributed by atoms with E-state index in [2.05, 4.69) is 15.8 Å². The molecule has 2 N–H and O–H groups in total. The highest BCUT2D eigenvalue weighted by molar-refractivity contribution is 7.99. The summed E-state index contributed by atoms with van der Waals surface area (Å²) in [5.41, 5.74) is 5.63. The molecule has 2 heterocycles. The minimum atomic E-state index is -0.414. The summed E-state index contributed by atoms with van der Waals surface area (Å²) in [4.78, 5) is 40.3. The first-order valence-corrected chi connectivity index (χ1v) is 9.65. The molecular weight excluding hydrogens is 391 g/mol. The molecule has 3 aromatic rings. The van der Waals surface area contributed by atoms with Crippen molar-refractivity contribution in [3.63, 3.8) is 0 Å². The molecule has 0 aliphatic carbocycles. The van der Waals surface area contributed by atoms with E-state index in [4.69, 9.17) is 0 Å². The van der Waals surface area contributed by atoms with Crippen LogP contribution in [0.5, 0.6) is 0 Å². The Bertz CT molecular complexity index is 1080. The number of nitrogens with one attached hydrogen (secondary N) is 2. The maximum Gasteiger partial charge on any atom is 0.263 e. The van der Waals surface area contributed by atoms with Crippen molar-refractivity contribution >= 4 is 45.1 Å². The van der Waals surface area contributed by atoms with Gasteiger partial charge in [-0.05, 0) is 17.7 Å². The van der Waals surface area contributed by atoms with Crippen molar-refractivity contribution in [1.82, 2.24) is 20.4 Å². The van der Waals surface area contributed by atoms with Gasteiger partial charge in [-0.15, -0.1) is 11.3 Å². The number of benzene rings is 1. The highest BCUT2D eigenvalue weighted by atomic mass is 32.2. The maximum atomic E-state index is 13.2. The Morgan fingerprint density at radius 2 is 1.96 bits per heavy atom. The number of hydrazine groups is 1. The lowest BCUT2D eigenvalue weighted by Crippen LogP contribution is -2.41. The largest absolute Gasteiger partial charge is 0.290 e. The number of fused-ring (bicyclic) bond motifs is 1. The van der Waals surface area contributed by atoms with Crippen LogP contribution in [0.25, 0.3) is 21.3 Å². The number of nitrogens with zero attached hydrogens (tertiary/aromatic N) is 2. The second-order valence-electron chi connectivity index (χ2n) is 5.61. The second-order valence-corrected chi connectivity index (χ2v) is 7.41. The number of halogens is 1. The first-order chi connectivity index (χ1) is 12.9. The van der Waals surface area contributed by atoms with Crippen LogP contribution in [0, 0.1) is 5.82 Å². The Kier molecular flexibility index (Phi) is 5.57. The number of carbonyl (C=O) groups is 2. The Balaban J connectivity index is 1.89. The molecule has 0 fully saturated rings. The quantitative estimate of drug-likeness (QED) is 0.393. The molecule has 7 nitrogen and oxygen atoms in total. The fraction of sp³-hybridized carbons (Fsp3) is 0.176. The van der Waals surface area contributed by atoms with Crippen LogP contribution >= 0.6 is 23.1 Å². The Morgan fingerprint density at radius 3 is 2.63 bits per heavy atom. The van der Waals surface area contributed by atoms with Gasteiger partial charge in [-0.1, -0.05) is 23.9 Å². The summed E-state index contributed by atoms with van der Waals surface area (Å²) >= 11 is 2.40. The van der Waals surface area contributed by atoms with Gasteiger partial charge >= 0.3 is 0 Å². The number of aromatic nitrogens is 2. The SMILES string of the molecule is CC(=O)NNC(=O)CSc1nc2scc(-c3ccc(F)cc3)c2c(=O)n1C. The molecule has 0 unspecified atom stereocenters. The van der Waals surface area contributed by atoms with Gasteiger partial charge in [-0.25, -0.2) is 9.37 Å². The normalized spacial score (nSPS) is 10.8. The van der Waals surface area contributed by atoms with E-state index in [-0.39, 0.29) is 23.0 Å². The fourth-order valence-corrected chi connectivity index (χ4v) is 4.11. The van der Waals surface area contributed by atoms with Crippen molar-refractivity contribution in [2.45, 2.75) is 12.1 Å². The molecule has 0 bridgehead atoms. The van der Waals surface area contributed by atoms with Gasteiger partial charge in [0.1, 0.15) is 10.6 Å². The van der Waals surface area contributed by atoms with Crippen LogP contribution in [0.4, 0.5) is 4.39 Å². The lowest BCUT2D eigenvalue weighted by atomic mass is 10.1. The van der Waals surface area contributed by atoms with Gasteiger partial charge < -0.3 is 0 Å². The van der Waals surface area contributed by atoms with Gasteiger partial charge in [-0.2, -0.15) is 0 Å². The van der Waals surface area contributed by atoms with Crippen molar-refractivity contribution in [1.29, 1.82) is 0 Å². The molecule has 0 radical (unpaired) electrons. The van der Waals surface area contributed by atoms with Crippen LogP contribution < -0.4 is 16.4 Å². The lowest BCUT2D eigenvalue weighted by molar-refractivity contribution is -0.126. The topological polar surface area (TPSA) is 93.1 Å². The van der Waals surface area contributed by atoms with Crippen molar-refractivity contribution in [3.8, 4) is 11.1 Å². The van der Waals surface area contributed by atoms with E-state index in [1.54, 1.807) is 19.2 Å². The van der Waals surface area contributed by atoms with Crippen LogP contribution in [-0.4, -0.2) is 27.1 Å². The molecule has 1 aromatic carbocycles. The highest BCUT2D eigenvalue weighted by Crippen LogP contribution is 2.32. The Morgan fingerprint density at radius 1 is 1.26 bits per heavy atom. The number of thioether (sulfide) groups is 1. The first-order valence-electron chi connectivity index (χ1n) is 7.79. The first kappa shape index (κ1) is 19.1. The zero-order valence-electron chi connectivity index (χ0n) is 14.4. The van der Waals surface area contributed by atoms with Crippen molar-refractivity contribution in [2.24, 2.45) is 7.05 Å². The van der Waals surface area contributed by atoms with E-state index in [0.717, 1.165) is 17.3 Å². The summed E-state index contributed by atoms with van der Waals surface area (Å²) in [6.07, 6.45) is 0. The molecule has 2 amide bonds. The second kappa shape index (κ2) is 7.89. The number of carbonyl (C=O) groups excluding carboxylic acids is 2. The summed E-state index contributed by atoms with van der Waals surface area (Å²) < 4.78 is 14.5. The third-order valence-corrected chi connectivity index (χ3v) is 5.54. The number of hydrogen-bond acceptors (Lipinski definition) is 6. The number of amides is 2. The standard InChI is InChI=1S/C17H15FN4O3S2/c1-9(23)20-21-13(24)8-27-17-19-15-14(16(25)22(17)2)12(7-26-15)10-3-5-11(18)6-4-10/h3-7H,8H2,1-2H3,(H,20,23)(H,21,24). The molecule has 0 saturated carbocycles. The van der Waals surface area contributed by atoms with Crippen LogP contribution in [0.3, 0.4) is 0 Å². The maximum absolute atomic E-state index is 13.2. The predicted molar refractivity (Wildman–Crippen MR) is 103 cm³/mol. The molecular formula is C17H15FN4O3S2. The van der Waals surface area contributed by atoms with Crippen molar-refractivity contribution in [3.05, 3.63) is 45.8 Å². The van der Waals surface area contributed by atoms with Crippen LogP contribution in [0.15, 0.2) is 39.6 Å². The van der Waals surface area contributed by atoms with E-state index in [9.17, 15) is 18.8 Å². The van der Waals surface area contributed by atoms with Crippen molar-refractivity contribution in [2.75, 3.05) is 5.75 Å². The van der Waals surface area contributed by atoms with Crippen LogP contribution in [0.1, 0.15) is 6.92 Å². The summed E-state index contributed by atoms with van der Waals surface area (Å²) in [6.45, 7) is 1.28. The Hall–Kier alpha value is -2.72. The zero-order valence-corrected chi connectivity index (χ0v) is 16.0. The number of thiophene rings is 1. The molecule has 0 saturated heterocycles. The summed E-state index contributed by atoms with van der Waals surface area (Å²) in [6, 6.07) is 5.92. The monoisotopic (exact) mass is 406 g/mol. The van der Waals surface area contributed by atoms with Gasteiger partial charge in [0.15, 0.2) is 5.16 Å². The fourth-order valence-electron chi connectivity index (χ4n) is 2.35. The van der Waals surface area contributed by atoms with Gasteiger partial charge in [-0.3, -0.25) is 29.8 Å². The molecule has 0 aliphatic heterocycles. The summed E-state index contributed by atoms with van der Waals surface area (Å²) in [7, 11) is 1.58. The van der Waals surface area contributed by atoms with Crippen molar-refractivity contribution < 1.29 is 14.0 Å². The van der Waals surface area contributed by atoms with Gasteiger partial charge in [0.25, 0.3) is 5.56 Å². The zero-order chi connectivity index (χ0) is 19.6. The molecule has 0 aliphatic rings. The number of hydrogen-bond donors (Lipinski definition) is 2. The average molecular weight is 406 g/mol. The van der Waals surface area contributed by atoms with E-state index in [1.165, 1.54) is 35.0 Å². The van der Waals surface area contributed by atoms with E-state index in [0.29, 0.717) is 20.9 Å². The molecule has 2 aromatic heterocycles. The average Bonchev–Trinajstić information content (AvgIpc) is 3.06. The summed E-state index contributed by atoms with van der Waals surface area (Å²) in [5, 5.41) is 2.66. The third kappa shape index (κ3) is 4.17. The van der Waals surface area contributed by atoms with Gasteiger partial charge in [0.2, 0.25) is 11.8 Å². The smallest absolute Gasteiger partial charge is 0.263 e. The van der Waals surface area contributed by atoms with Gasteiger partial charge in [0.05, 0.1) is 11.1 Å². The lowest BCUT2D eigenvalue weighted by Gasteiger charge is -2.08. The molecule has 10 heteroatoms. The molecule has 140 valence electrons. The summed E-state index contributed by atoms with van der Waals surface area (Å²) in [5.74, 6) is -1.15. The van der Waals surface area contributed by atoms with E-state index in [1.807, 2.05) is 5.38 Å². The van der Waals surface area contributed by atoms with Crippen LogP contribution in [0.2, 0.25) is 0 Å². The molecule has 27 heavy (non-hydrogen) atoms. The predicted octanol–water partition coefficient (Wildman–Crippen LogP) is 2.06. The number of rotatable bonds is 4. The van der Waals surface area contributed by atoms with Crippen LogP contribution in [-0.2, 0) is 16.6 Å². The highest BCUT2D eigenvalue weighted by Gasteiger charge is 2.16.